The van der Waals surface area contributed by atoms with E-state index >= 15 is 0 Å². The SMILES string of the molecule is CNC(=S)NCCN(C)c1ccc(N)nn1. The van der Waals surface area contributed by atoms with E-state index in [1.54, 1.807) is 13.1 Å². The number of hydrogen-bond acceptors (Lipinski definition) is 5. The summed E-state index contributed by atoms with van der Waals surface area (Å²) in [6.07, 6.45) is 0. The first kappa shape index (κ1) is 12.4. The number of rotatable bonds is 4. The van der Waals surface area contributed by atoms with E-state index in [-0.39, 0.29) is 0 Å². The van der Waals surface area contributed by atoms with E-state index in [2.05, 4.69) is 20.8 Å². The van der Waals surface area contributed by atoms with Crippen LogP contribution in [0.25, 0.3) is 0 Å². The Morgan fingerprint density at radius 2 is 2.25 bits per heavy atom. The van der Waals surface area contributed by atoms with Gasteiger partial charge in [0.2, 0.25) is 0 Å². The van der Waals surface area contributed by atoms with E-state index in [1.165, 1.54) is 0 Å². The highest BCUT2D eigenvalue weighted by atomic mass is 32.1. The summed E-state index contributed by atoms with van der Waals surface area (Å²) in [7, 11) is 3.72. The van der Waals surface area contributed by atoms with Crippen LogP contribution in [0.4, 0.5) is 11.6 Å². The highest BCUT2D eigenvalue weighted by Gasteiger charge is 2.02. The average molecular weight is 240 g/mol. The molecule has 0 aliphatic rings. The third-order valence-electron chi connectivity index (χ3n) is 2.02. The first-order valence-electron chi connectivity index (χ1n) is 4.89. The Morgan fingerprint density at radius 3 is 2.81 bits per heavy atom. The van der Waals surface area contributed by atoms with Crippen LogP contribution in [0.5, 0.6) is 0 Å². The van der Waals surface area contributed by atoms with Gasteiger partial charge in [-0.2, -0.15) is 0 Å². The standard InChI is InChI=1S/C9H16N6S/c1-11-9(16)12-5-6-15(2)8-4-3-7(10)13-14-8/h3-4H,5-6H2,1-2H3,(H2,10,13)(H2,11,12,16). The van der Waals surface area contributed by atoms with Crippen LogP contribution in [0.1, 0.15) is 0 Å². The smallest absolute Gasteiger partial charge is 0.166 e. The highest BCUT2D eigenvalue weighted by molar-refractivity contribution is 7.80. The number of nitrogen functional groups attached to an aromatic ring is 1. The van der Waals surface area contributed by atoms with E-state index < -0.39 is 0 Å². The van der Waals surface area contributed by atoms with Crippen molar-refractivity contribution in [3.63, 3.8) is 0 Å². The molecule has 0 unspecified atom stereocenters. The van der Waals surface area contributed by atoms with E-state index in [1.807, 2.05) is 18.0 Å². The van der Waals surface area contributed by atoms with Gasteiger partial charge >= 0.3 is 0 Å². The molecule has 1 heterocycles. The summed E-state index contributed by atoms with van der Waals surface area (Å²) >= 11 is 4.96. The zero-order valence-corrected chi connectivity index (χ0v) is 10.2. The fourth-order valence-corrected chi connectivity index (χ4v) is 1.18. The summed E-state index contributed by atoms with van der Waals surface area (Å²) in [6.45, 7) is 1.52. The maximum absolute atomic E-state index is 5.45. The Balaban J connectivity index is 2.37. The molecule has 7 heteroatoms. The van der Waals surface area contributed by atoms with Crippen LogP contribution in [0.3, 0.4) is 0 Å². The topological polar surface area (TPSA) is 79.1 Å². The lowest BCUT2D eigenvalue weighted by atomic mass is 10.4. The quantitative estimate of drug-likeness (QED) is 0.617. The molecule has 0 bridgehead atoms. The van der Waals surface area contributed by atoms with Crippen molar-refractivity contribution in [2.24, 2.45) is 0 Å². The molecule has 0 saturated carbocycles. The molecule has 0 amide bonds. The lowest BCUT2D eigenvalue weighted by molar-refractivity contribution is 0.796. The molecule has 4 N–H and O–H groups in total. The van der Waals surface area contributed by atoms with Crippen molar-refractivity contribution in [3.05, 3.63) is 12.1 Å². The summed E-state index contributed by atoms with van der Waals surface area (Å²) in [5, 5.41) is 14.3. The van der Waals surface area contributed by atoms with Gasteiger partial charge in [-0.25, -0.2) is 0 Å². The van der Waals surface area contributed by atoms with Gasteiger partial charge in [0.15, 0.2) is 10.9 Å². The molecule has 0 aromatic carbocycles. The van der Waals surface area contributed by atoms with Crippen molar-refractivity contribution in [2.45, 2.75) is 0 Å². The van der Waals surface area contributed by atoms with Crippen molar-refractivity contribution in [1.82, 2.24) is 20.8 Å². The number of anilines is 2. The van der Waals surface area contributed by atoms with Crippen LogP contribution in [-0.2, 0) is 0 Å². The fraction of sp³-hybridized carbons (Fsp3) is 0.444. The van der Waals surface area contributed by atoms with Crippen LogP contribution in [0, 0.1) is 0 Å². The molecular weight excluding hydrogens is 224 g/mol. The molecule has 16 heavy (non-hydrogen) atoms. The Labute approximate surface area is 100 Å². The van der Waals surface area contributed by atoms with E-state index in [0.29, 0.717) is 10.9 Å². The maximum Gasteiger partial charge on any atom is 0.166 e. The number of likely N-dealkylation sites (N-methyl/N-ethyl adjacent to an activating group) is 1. The van der Waals surface area contributed by atoms with E-state index in [9.17, 15) is 0 Å². The molecule has 0 radical (unpaired) electrons. The van der Waals surface area contributed by atoms with Gasteiger partial charge in [0, 0.05) is 27.2 Å². The Bertz CT molecular complexity index is 338. The van der Waals surface area contributed by atoms with Gasteiger partial charge in [0.25, 0.3) is 0 Å². The number of hydrogen-bond donors (Lipinski definition) is 3. The maximum atomic E-state index is 5.45. The molecule has 0 atom stereocenters. The lowest BCUT2D eigenvalue weighted by Gasteiger charge is -2.18. The molecule has 0 fully saturated rings. The summed E-state index contributed by atoms with van der Waals surface area (Å²) in [5.41, 5.74) is 5.45. The highest BCUT2D eigenvalue weighted by Crippen LogP contribution is 2.06. The van der Waals surface area contributed by atoms with Crippen LogP contribution in [0.2, 0.25) is 0 Å². The molecule has 1 rings (SSSR count). The van der Waals surface area contributed by atoms with Crippen molar-refractivity contribution in [1.29, 1.82) is 0 Å². The zero-order valence-electron chi connectivity index (χ0n) is 9.40. The van der Waals surface area contributed by atoms with Crippen molar-refractivity contribution < 1.29 is 0 Å². The van der Waals surface area contributed by atoms with Crippen LogP contribution < -0.4 is 21.3 Å². The monoisotopic (exact) mass is 240 g/mol. The Kier molecular flexibility index (Phi) is 4.71. The Morgan fingerprint density at radius 1 is 1.50 bits per heavy atom. The number of thiocarbonyl (C=S) groups is 1. The molecule has 0 aliphatic heterocycles. The number of nitrogens with two attached hydrogens (primary N) is 1. The Hall–Kier alpha value is -1.63. The van der Waals surface area contributed by atoms with Crippen LogP contribution in [-0.4, -0.2) is 42.5 Å². The largest absolute Gasteiger partial charge is 0.382 e. The normalized spacial score (nSPS) is 9.62. The predicted octanol–water partition coefficient (Wildman–Crippen LogP) is -0.411. The second-order valence-electron chi connectivity index (χ2n) is 3.24. The third-order valence-corrected chi connectivity index (χ3v) is 2.37. The zero-order chi connectivity index (χ0) is 12.0. The minimum Gasteiger partial charge on any atom is -0.382 e. The molecule has 0 saturated heterocycles. The summed E-state index contributed by atoms with van der Waals surface area (Å²) in [6, 6.07) is 3.56. The predicted molar refractivity (Wildman–Crippen MR) is 69.4 cm³/mol. The number of aromatic nitrogens is 2. The molecule has 1 aromatic heterocycles. The molecule has 88 valence electrons. The minimum absolute atomic E-state index is 0.423. The summed E-state index contributed by atoms with van der Waals surface area (Å²) in [4.78, 5) is 1.97. The van der Waals surface area contributed by atoms with Crippen LogP contribution in [0.15, 0.2) is 12.1 Å². The molecule has 0 aliphatic carbocycles. The third kappa shape index (κ3) is 3.85. The van der Waals surface area contributed by atoms with Gasteiger partial charge in [-0.05, 0) is 24.4 Å². The van der Waals surface area contributed by atoms with Crippen LogP contribution >= 0.6 is 12.2 Å². The van der Waals surface area contributed by atoms with Crippen molar-refractivity contribution >= 4 is 29.0 Å². The molecule has 0 spiro atoms. The first-order valence-corrected chi connectivity index (χ1v) is 5.30. The van der Waals surface area contributed by atoms with Gasteiger partial charge in [-0.3, -0.25) is 0 Å². The first-order chi connectivity index (χ1) is 7.63. The van der Waals surface area contributed by atoms with Crippen molar-refractivity contribution in [2.75, 3.05) is 37.8 Å². The van der Waals surface area contributed by atoms with E-state index in [4.69, 9.17) is 18.0 Å². The van der Waals surface area contributed by atoms with Gasteiger partial charge in [-0.1, -0.05) is 0 Å². The van der Waals surface area contributed by atoms with E-state index in [0.717, 1.165) is 18.9 Å². The minimum atomic E-state index is 0.423. The van der Waals surface area contributed by atoms with Gasteiger partial charge < -0.3 is 21.3 Å². The van der Waals surface area contributed by atoms with Gasteiger partial charge in [0.05, 0.1) is 0 Å². The fourth-order valence-electron chi connectivity index (χ4n) is 1.08. The summed E-state index contributed by atoms with van der Waals surface area (Å²) in [5.74, 6) is 1.21. The molecule has 1 aromatic rings. The lowest BCUT2D eigenvalue weighted by Crippen LogP contribution is -2.37. The van der Waals surface area contributed by atoms with Gasteiger partial charge in [0.1, 0.15) is 5.82 Å². The van der Waals surface area contributed by atoms with Gasteiger partial charge in [-0.15, -0.1) is 10.2 Å². The number of nitrogens with one attached hydrogen (secondary N) is 2. The molecular formula is C9H16N6S. The average Bonchev–Trinajstić information content (AvgIpc) is 2.29. The second-order valence-corrected chi connectivity index (χ2v) is 3.65. The van der Waals surface area contributed by atoms with Crippen molar-refractivity contribution in [3.8, 4) is 0 Å². The second kappa shape index (κ2) is 6.06. The number of nitrogens with zero attached hydrogens (tertiary/aromatic N) is 3. The molecule has 6 nitrogen and oxygen atoms in total. The summed E-state index contributed by atoms with van der Waals surface area (Å²) < 4.78 is 0.